The number of aromatic amines is 1. The van der Waals surface area contributed by atoms with Crippen molar-refractivity contribution in [1.82, 2.24) is 9.97 Å². The molecule has 2 N–H and O–H groups in total. The molecular formula is C13H17N3. The molecule has 0 aliphatic carbocycles. The second-order valence-corrected chi connectivity index (χ2v) is 4.11. The normalized spacial score (nSPS) is 10.4. The molecule has 16 heavy (non-hydrogen) atoms. The van der Waals surface area contributed by atoms with Crippen LogP contribution in [0.15, 0.2) is 24.4 Å². The van der Waals surface area contributed by atoms with Crippen LogP contribution < -0.4 is 5.32 Å². The summed E-state index contributed by atoms with van der Waals surface area (Å²) in [6.07, 6.45) is 1.87. The minimum absolute atomic E-state index is 0.784. The summed E-state index contributed by atoms with van der Waals surface area (Å²) in [5.41, 5.74) is 4.88. The van der Waals surface area contributed by atoms with E-state index in [1.807, 2.05) is 13.1 Å². The molecule has 1 heterocycles. The minimum atomic E-state index is 0.784. The van der Waals surface area contributed by atoms with Gasteiger partial charge in [0.15, 0.2) is 0 Å². The largest absolute Gasteiger partial charge is 0.379 e. The molecule has 0 saturated heterocycles. The number of para-hydroxylation sites is 1. The molecule has 0 bridgehead atoms. The maximum Gasteiger partial charge on any atom is 0.103 e. The van der Waals surface area contributed by atoms with Gasteiger partial charge in [-0.1, -0.05) is 18.2 Å². The number of imidazole rings is 1. The molecule has 0 aliphatic rings. The Morgan fingerprint density at radius 3 is 2.44 bits per heavy atom. The Morgan fingerprint density at radius 1 is 1.19 bits per heavy atom. The van der Waals surface area contributed by atoms with E-state index >= 15 is 0 Å². The molecule has 0 saturated carbocycles. The number of hydrogen-bond acceptors (Lipinski definition) is 2. The number of benzene rings is 1. The van der Waals surface area contributed by atoms with Crippen molar-refractivity contribution < 1.29 is 0 Å². The monoisotopic (exact) mass is 215 g/mol. The predicted octanol–water partition coefficient (Wildman–Crippen LogP) is 2.95. The number of hydrogen-bond donors (Lipinski definition) is 2. The van der Waals surface area contributed by atoms with Crippen LogP contribution in [0.5, 0.6) is 0 Å². The Morgan fingerprint density at radius 2 is 1.88 bits per heavy atom. The Balaban J connectivity index is 2.10. The van der Waals surface area contributed by atoms with Crippen LogP contribution in [0.2, 0.25) is 0 Å². The summed E-state index contributed by atoms with van der Waals surface area (Å²) in [6.45, 7) is 6.98. The number of aromatic nitrogens is 2. The second-order valence-electron chi connectivity index (χ2n) is 4.11. The topological polar surface area (TPSA) is 40.7 Å². The van der Waals surface area contributed by atoms with Crippen molar-refractivity contribution in [2.75, 3.05) is 5.32 Å². The van der Waals surface area contributed by atoms with Gasteiger partial charge in [0, 0.05) is 5.69 Å². The molecule has 0 amide bonds. The highest BCUT2D eigenvalue weighted by Gasteiger charge is 2.02. The van der Waals surface area contributed by atoms with Crippen LogP contribution in [0.1, 0.15) is 22.6 Å². The third kappa shape index (κ3) is 2.24. The van der Waals surface area contributed by atoms with Gasteiger partial charge >= 0.3 is 0 Å². The third-order valence-corrected chi connectivity index (χ3v) is 2.69. The summed E-state index contributed by atoms with van der Waals surface area (Å²) in [4.78, 5) is 7.39. The molecular weight excluding hydrogens is 198 g/mol. The molecule has 0 fully saturated rings. The van der Waals surface area contributed by atoms with Gasteiger partial charge in [0.1, 0.15) is 5.82 Å². The highest BCUT2D eigenvalue weighted by atomic mass is 15.0. The summed E-state index contributed by atoms with van der Waals surface area (Å²) >= 11 is 0. The number of nitrogens with one attached hydrogen (secondary N) is 2. The third-order valence-electron chi connectivity index (χ3n) is 2.69. The smallest absolute Gasteiger partial charge is 0.103 e. The Bertz CT molecular complexity index is 465. The zero-order valence-corrected chi connectivity index (χ0v) is 9.96. The van der Waals surface area contributed by atoms with Crippen molar-refractivity contribution in [2.45, 2.75) is 27.3 Å². The van der Waals surface area contributed by atoms with Gasteiger partial charge in [-0.05, 0) is 31.9 Å². The van der Waals surface area contributed by atoms with Crippen LogP contribution in [-0.2, 0) is 6.54 Å². The van der Waals surface area contributed by atoms with Crippen molar-refractivity contribution >= 4 is 5.69 Å². The van der Waals surface area contributed by atoms with Gasteiger partial charge in [-0.3, -0.25) is 0 Å². The van der Waals surface area contributed by atoms with Crippen LogP contribution in [0.3, 0.4) is 0 Å². The molecule has 2 rings (SSSR count). The lowest BCUT2D eigenvalue weighted by atomic mass is 10.1. The highest BCUT2D eigenvalue weighted by molar-refractivity contribution is 5.56. The Labute approximate surface area is 95.9 Å². The van der Waals surface area contributed by atoms with Gasteiger partial charge in [0.25, 0.3) is 0 Å². The quantitative estimate of drug-likeness (QED) is 0.826. The van der Waals surface area contributed by atoms with Gasteiger partial charge in [-0.15, -0.1) is 0 Å². The zero-order chi connectivity index (χ0) is 11.5. The van der Waals surface area contributed by atoms with Crippen LogP contribution >= 0.6 is 0 Å². The van der Waals surface area contributed by atoms with E-state index in [4.69, 9.17) is 0 Å². The number of H-pyrrole nitrogens is 1. The fourth-order valence-corrected chi connectivity index (χ4v) is 1.84. The van der Waals surface area contributed by atoms with E-state index in [-0.39, 0.29) is 0 Å². The van der Waals surface area contributed by atoms with E-state index in [2.05, 4.69) is 47.3 Å². The predicted molar refractivity (Wildman–Crippen MR) is 66.6 cm³/mol. The lowest BCUT2D eigenvalue weighted by Crippen LogP contribution is -2.03. The molecule has 1 aromatic carbocycles. The van der Waals surface area contributed by atoms with E-state index < -0.39 is 0 Å². The summed E-state index contributed by atoms with van der Waals surface area (Å²) in [7, 11) is 0. The van der Waals surface area contributed by atoms with Crippen LogP contribution in [0.4, 0.5) is 5.69 Å². The lowest BCUT2D eigenvalue weighted by Gasteiger charge is -2.11. The Kier molecular flexibility index (Phi) is 2.95. The second kappa shape index (κ2) is 4.39. The first-order valence-electron chi connectivity index (χ1n) is 5.47. The summed E-state index contributed by atoms with van der Waals surface area (Å²) in [5.74, 6) is 0.957. The molecule has 0 radical (unpaired) electrons. The molecule has 84 valence electrons. The average Bonchev–Trinajstić information content (AvgIpc) is 2.63. The molecule has 0 atom stereocenters. The van der Waals surface area contributed by atoms with Crippen molar-refractivity contribution in [1.29, 1.82) is 0 Å². The van der Waals surface area contributed by atoms with Crippen molar-refractivity contribution in [3.05, 3.63) is 47.0 Å². The molecule has 3 nitrogen and oxygen atoms in total. The van der Waals surface area contributed by atoms with Gasteiger partial charge in [0.05, 0.1) is 18.4 Å². The molecule has 3 heteroatoms. The average molecular weight is 215 g/mol. The summed E-state index contributed by atoms with van der Waals surface area (Å²) in [5, 5.41) is 3.44. The Hall–Kier alpha value is -1.77. The molecule has 0 unspecified atom stereocenters. The molecule has 1 aromatic heterocycles. The number of nitrogens with zero attached hydrogens (tertiary/aromatic N) is 1. The van der Waals surface area contributed by atoms with Crippen molar-refractivity contribution in [2.24, 2.45) is 0 Å². The summed E-state index contributed by atoms with van der Waals surface area (Å²) < 4.78 is 0. The van der Waals surface area contributed by atoms with Crippen LogP contribution in [0, 0.1) is 20.8 Å². The van der Waals surface area contributed by atoms with E-state index in [0.29, 0.717) is 0 Å². The number of rotatable bonds is 3. The molecule has 0 spiro atoms. The zero-order valence-electron chi connectivity index (χ0n) is 9.96. The SMILES string of the molecule is Cc1ncc(CNc2c(C)cccc2C)[nH]1. The minimum Gasteiger partial charge on any atom is -0.379 e. The maximum absolute atomic E-state index is 4.18. The van der Waals surface area contributed by atoms with Gasteiger partial charge in [0.2, 0.25) is 0 Å². The first-order valence-corrected chi connectivity index (χ1v) is 5.47. The van der Waals surface area contributed by atoms with Crippen molar-refractivity contribution in [3.63, 3.8) is 0 Å². The standard InChI is InChI=1S/C13H17N3/c1-9-5-4-6-10(2)13(9)15-8-12-7-14-11(3)16-12/h4-7,15H,8H2,1-3H3,(H,14,16). The number of anilines is 1. The first kappa shape index (κ1) is 10.7. The van der Waals surface area contributed by atoms with E-state index in [1.165, 1.54) is 16.8 Å². The molecule has 0 aliphatic heterocycles. The van der Waals surface area contributed by atoms with E-state index in [9.17, 15) is 0 Å². The fourth-order valence-electron chi connectivity index (χ4n) is 1.84. The van der Waals surface area contributed by atoms with E-state index in [1.54, 1.807) is 0 Å². The molecule has 2 aromatic rings. The summed E-state index contributed by atoms with van der Waals surface area (Å²) in [6, 6.07) is 6.32. The van der Waals surface area contributed by atoms with Gasteiger partial charge in [-0.25, -0.2) is 4.98 Å². The number of aryl methyl sites for hydroxylation is 3. The van der Waals surface area contributed by atoms with Crippen LogP contribution in [0.25, 0.3) is 0 Å². The maximum atomic E-state index is 4.18. The first-order chi connectivity index (χ1) is 7.66. The fraction of sp³-hybridized carbons (Fsp3) is 0.308. The van der Waals surface area contributed by atoms with Gasteiger partial charge < -0.3 is 10.3 Å². The van der Waals surface area contributed by atoms with Gasteiger partial charge in [-0.2, -0.15) is 0 Å². The highest BCUT2D eigenvalue weighted by Crippen LogP contribution is 2.19. The van der Waals surface area contributed by atoms with Crippen LogP contribution in [-0.4, -0.2) is 9.97 Å². The van der Waals surface area contributed by atoms with E-state index in [0.717, 1.165) is 18.1 Å². The van der Waals surface area contributed by atoms with Crippen molar-refractivity contribution in [3.8, 4) is 0 Å². The lowest BCUT2D eigenvalue weighted by molar-refractivity contribution is 1.04.